The molecule has 5 aromatic heterocycles. The van der Waals surface area contributed by atoms with Crippen LogP contribution in [0.5, 0.6) is 0 Å². The quantitative estimate of drug-likeness (QED) is 0.181. The highest BCUT2D eigenvalue weighted by atomic mass is 32.1. The largest absolute Gasteiger partial charge is 0.310 e. The van der Waals surface area contributed by atoms with Crippen molar-refractivity contribution in [3.05, 3.63) is 163 Å². The van der Waals surface area contributed by atoms with Gasteiger partial charge in [0.05, 0.1) is 32.3 Å². The van der Waals surface area contributed by atoms with Crippen LogP contribution in [-0.4, -0.2) is 18.7 Å². The van der Waals surface area contributed by atoms with Crippen LogP contribution in [0.25, 0.3) is 98.0 Å². The van der Waals surface area contributed by atoms with Crippen LogP contribution in [0.2, 0.25) is 0 Å². The summed E-state index contributed by atoms with van der Waals surface area (Å²) in [6.07, 6.45) is 7.73. The number of rotatable bonds is 3. The third kappa shape index (κ3) is 4.03. The molecule has 0 saturated heterocycles. The number of aromatic nitrogens is 4. The third-order valence-corrected chi connectivity index (χ3v) is 12.6. The summed E-state index contributed by atoms with van der Waals surface area (Å²) in [6.45, 7) is 2.31. The molecule has 53 heavy (non-hydrogen) atoms. The summed E-state index contributed by atoms with van der Waals surface area (Å²) in [5, 5.41) is 8.84. The van der Waals surface area contributed by atoms with E-state index in [0.29, 0.717) is 5.92 Å². The van der Waals surface area contributed by atoms with E-state index < -0.39 is 0 Å². The SMILES string of the molecule is CC1C=Cc2c(c3ccccc3n2-c2ccc3c(c2)c2ccccc2n3-c2ccc3sc4c(-n5c6ccccc6c6ccccc65)nccc4c3c2)C1. The molecule has 6 aromatic carbocycles. The lowest BCUT2D eigenvalue weighted by atomic mass is 9.93. The van der Waals surface area contributed by atoms with Crippen LogP contribution in [-0.2, 0) is 6.42 Å². The molecule has 0 aliphatic heterocycles. The molecular formula is C48H32N4S. The van der Waals surface area contributed by atoms with Crippen molar-refractivity contribution in [2.24, 2.45) is 5.92 Å². The Bertz CT molecular complexity index is 3290. The molecular weight excluding hydrogens is 665 g/mol. The summed E-state index contributed by atoms with van der Waals surface area (Å²) in [5.41, 5.74) is 11.1. The van der Waals surface area contributed by atoms with Crippen molar-refractivity contribution >= 4 is 92.1 Å². The highest BCUT2D eigenvalue weighted by molar-refractivity contribution is 7.26. The second-order valence-electron chi connectivity index (χ2n) is 14.5. The molecule has 5 heterocycles. The van der Waals surface area contributed by atoms with E-state index in [4.69, 9.17) is 4.98 Å². The number of hydrogen-bond donors (Lipinski definition) is 0. The maximum absolute atomic E-state index is 5.04. The van der Waals surface area contributed by atoms with Crippen LogP contribution in [0.3, 0.4) is 0 Å². The van der Waals surface area contributed by atoms with Crippen LogP contribution in [0, 0.1) is 5.92 Å². The van der Waals surface area contributed by atoms with Crippen LogP contribution < -0.4 is 0 Å². The fourth-order valence-corrected chi connectivity index (χ4v) is 10.3. The van der Waals surface area contributed by atoms with E-state index in [0.717, 1.165) is 17.9 Å². The average molecular weight is 697 g/mol. The molecule has 250 valence electrons. The Labute approximate surface area is 309 Å². The van der Waals surface area contributed by atoms with Gasteiger partial charge in [-0.2, -0.15) is 0 Å². The number of para-hydroxylation sites is 4. The monoisotopic (exact) mass is 696 g/mol. The zero-order valence-corrected chi connectivity index (χ0v) is 29.8. The molecule has 1 aliphatic carbocycles. The first-order chi connectivity index (χ1) is 26.2. The van der Waals surface area contributed by atoms with Crippen LogP contribution in [0.15, 0.2) is 152 Å². The van der Waals surface area contributed by atoms with Crippen molar-refractivity contribution in [3.63, 3.8) is 0 Å². The minimum atomic E-state index is 0.538. The smallest absolute Gasteiger partial charge is 0.155 e. The molecule has 5 heteroatoms. The number of benzene rings is 6. The lowest BCUT2D eigenvalue weighted by Gasteiger charge is -2.16. The Morgan fingerprint density at radius 3 is 1.83 bits per heavy atom. The molecule has 1 aliphatic rings. The molecule has 11 aromatic rings. The molecule has 0 amide bonds. The fourth-order valence-electron chi connectivity index (χ4n) is 9.14. The van der Waals surface area contributed by atoms with Crippen molar-refractivity contribution in [2.45, 2.75) is 13.3 Å². The number of nitrogens with zero attached hydrogens (tertiary/aromatic N) is 4. The van der Waals surface area contributed by atoms with Gasteiger partial charge in [0.2, 0.25) is 0 Å². The Kier molecular flexibility index (Phi) is 5.94. The fraction of sp³-hybridized carbons (Fsp3) is 0.0625. The van der Waals surface area contributed by atoms with Gasteiger partial charge >= 0.3 is 0 Å². The number of thiophene rings is 1. The molecule has 0 saturated carbocycles. The second kappa shape index (κ2) is 10.8. The van der Waals surface area contributed by atoms with Crippen LogP contribution in [0.1, 0.15) is 18.2 Å². The zero-order valence-electron chi connectivity index (χ0n) is 29.0. The Balaban J connectivity index is 1.07. The summed E-state index contributed by atoms with van der Waals surface area (Å²) in [4.78, 5) is 5.04. The molecule has 0 fully saturated rings. The topological polar surface area (TPSA) is 27.7 Å². The molecule has 0 bridgehead atoms. The van der Waals surface area contributed by atoms with Gasteiger partial charge in [0.15, 0.2) is 5.82 Å². The van der Waals surface area contributed by atoms with E-state index in [9.17, 15) is 0 Å². The number of hydrogen-bond acceptors (Lipinski definition) is 2. The Morgan fingerprint density at radius 2 is 1.09 bits per heavy atom. The predicted molar refractivity (Wildman–Crippen MR) is 225 cm³/mol. The van der Waals surface area contributed by atoms with Crippen molar-refractivity contribution < 1.29 is 0 Å². The van der Waals surface area contributed by atoms with Gasteiger partial charge < -0.3 is 9.13 Å². The van der Waals surface area contributed by atoms with Gasteiger partial charge in [0.25, 0.3) is 0 Å². The summed E-state index contributed by atoms with van der Waals surface area (Å²) in [7, 11) is 0. The first-order valence-electron chi connectivity index (χ1n) is 18.4. The maximum Gasteiger partial charge on any atom is 0.155 e. The minimum absolute atomic E-state index is 0.538. The van der Waals surface area contributed by atoms with Gasteiger partial charge in [-0.15, -0.1) is 11.3 Å². The molecule has 12 rings (SSSR count). The van der Waals surface area contributed by atoms with Crippen molar-refractivity contribution in [1.82, 2.24) is 18.7 Å². The summed E-state index contributed by atoms with van der Waals surface area (Å²) in [6, 6.07) is 51.2. The van der Waals surface area contributed by atoms with Crippen molar-refractivity contribution in [1.29, 1.82) is 0 Å². The van der Waals surface area contributed by atoms with Gasteiger partial charge in [-0.1, -0.05) is 85.8 Å². The van der Waals surface area contributed by atoms with E-state index in [-0.39, 0.29) is 0 Å². The molecule has 0 spiro atoms. The van der Waals surface area contributed by atoms with Gasteiger partial charge in [0.1, 0.15) is 0 Å². The normalized spacial score (nSPS) is 14.5. The van der Waals surface area contributed by atoms with E-state index >= 15 is 0 Å². The van der Waals surface area contributed by atoms with Gasteiger partial charge in [0, 0.05) is 65.7 Å². The molecule has 4 nitrogen and oxygen atoms in total. The predicted octanol–water partition coefficient (Wildman–Crippen LogP) is 12.8. The highest BCUT2D eigenvalue weighted by Crippen LogP contribution is 2.42. The minimum Gasteiger partial charge on any atom is -0.310 e. The summed E-state index contributed by atoms with van der Waals surface area (Å²) in [5.74, 6) is 1.52. The molecule has 0 N–H and O–H groups in total. The first-order valence-corrected chi connectivity index (χ1v) is 19.2. The summed E-state index contributed by atoms with van der Waals surface area (Å²) < 4.78 is 9.70. The van der Waals surface area contributed by atoms with Gasteiger partial charge in [-0.25, -0.2) is 4.98 Å². The maximum atomic E-state index is 5.04. The van der Waals surface area contributed by atoms with Crippen molar-refractivity contribution in [3.8, 4) is 17.2 Å². The Morgan fingerprint density at radius 1 is 0.528 bits per heavy atom. The molecule has 0 radical (unpaired) electrons. The Hall–Kier alpha value is -6.43. The van der Waals surface area contributed by atoms with E-state index in [2.05, 4.69) is 172 Å². The summed E-state index contributed by atoms with van der Waals surface area (Å²) >= 11 is 1.83. The second-order valence-corrected chi connectivity index (χ2v) is 15.5. The average Bonchev–Trinajstić information content (AvgIpc) is 3.94. The van der Waals surface area contributed by atoms with E-state index in [1.165, 1.54) is 91.6 Å². The van der Waals surface area contributed by atoms with Gasteiger partial charge in [-0.05, 0) is 90.7 Å². The van der Waals surface area contributed by atoms with Crippen LogP contribution >= 0.6 is 11.3 Å². The van der Waals surface area contributed by atoms with Crippen LogP contribution in [0.4, 0.5) is 0 Å². The van der Waals surface area contributed by atoms with E-state index in [1.54, 1.807) is 0 Å². The van der Waals surface area contributed by atoms with Gasteiger partial charge in [-0.3, -0.25) is 4.57 Å². The third-order valence-electron chi connectivity index (χ3n) is 11.4. The zero-order chi connectivity index (χ0) is 34.8. The van der Waals surface area contributed by atoms with E-state index in [1.807, 2.05) is 17.5 Å². The number of allylic oxidation sites excluding steroid dienone is 1. The standard InChI is InChI=1S/C48H32N4S/c1-29-18-21-44-37(26-29)34-12-4-6-14-40(34)50(44)30-19-22-45-38(27-30)35-13-5-7-15-41(35)51(45)31-20-23-46-39(28-31)36-24-25-49-48(47(36)53-46)52-42-16-8-2-10-32(42)33-11-3-9-17-43(33)52/h2-25,27-29H,26H2,1H3. The number of pyridine rings is 1. The highest BCUT2D eigenvalue weighted by Gasteiger charge is 2.23. The molecule has 1 unspecified atom stereocenters. The van der Waals surface area contributed by atoms with Crippen molar-refractivity contribution in [2.75, 3.05) is 0 Å². The first kappa shape index (κ1) is 29.2. The lowest BCUT2D eigenvalue weighted by molar-refractivity contribution is 0.718. The number of fused-ring (bicyclic) bond motifs is 12. The molecule has 1 atom stereocenters. The lowest BCUT2D eigenvalue weighted by Crippen LogP contribution is -2.05.